The lowest BCUT2D eigenvalue weighted by atomic mass is 10.2. The van der Waals surface area contributed by atoms with Crippen LogP contribution in [0.25, 0.3) is 0 Å². The Labute approximate surface area is 92.0 Å². The van der Waals surface area contributed by atoms with E-state index >= 15 is 0 Å². The second-order valence-corrected chi connectivity index (χ2v) is 3.69. The maximum atomic E-state index is 5.33. The average molecular weight is 208 g/mol. The van der Waals surface area contributed by atoms with Crippen molar-refractivity contribution < 1.29 is 4.74 Å². The second kappa shape index (κ2) is 5.61. The molecule has 1 aromatic rings. The van der Waals surface area contributed by atoms with Crippen LogP contribution in [0, 0.1) is 0 Å². The van der Waals surface area contributed by atoms with Crippen molar-refractivity contribution >= 4 is 5.69 Å². The predicted octanol–water partition coefficient (Wildman–Crippen LogP) is 1.74. The van der Waals surface area contributed by atoms with Crippen LogP contribution < -0.4 is 15.0 Å². The zero-order chi connectivity index (χ0) is 11.3. The van der Waals surface area contributed by atoms with Crippen LogP contribution in [-0.4, -0.2) is 33.8 Å². The largest absolute Gasteiger partial charge is 0.495 e. The number of hydrogen-bond donors (Lipinski definition) is 1. The van der Waals surface area contributed by atoms with Gasteiger partial charge in [-0.05, 0) is 26.1 Å². The highest BCUT2D eigenvalue weighted by Crippen LogP contribution is 2.27. The molecule has 84 valence electrons. The number of anilines is 1. The first-order valence-corrected chi connectivity index (χ1v) is 5.21. The number of ether oxygens (including phenoxy) is 1. The fourth-order valence-electron chi connectivity index (χ4n) is 1.59. The van der Waals surface area contributed by atoms with Crippen molar-refractivity contribution in [2.24, 2.45) is 0 Å². The summed E-state index contributed by atoms with van der Waals surface area (Å²) < 4.78 is 5.33. The molecular formula is C12H20N2O. The molecule has 0 aromatic heterocycles. The number of rotatable bonds is 5. The minimum absolute atomic E-state index is 0.436. The van der Waals surface area contributed by atoms with Crippen molar-refractivity contribution in [3.63, 3.8) is 0 Å². The van der Waals surface area contributed by atoms with Crippen LogP contribution in [0.3, 0.4) is 0 Å². The molecule has 0 amide bonds. The van der Waals surface area contributed by atoms with Gasteiger partial charge in [-0.15, -0.1) is 0 Å². The van der Waals surface area contributed by atoms with Gasteiger partial charge in [0.05, 0.1) is 12.8 Å². The van der Waals surface area contributed by atoms with Gasteiger partial charge in [-0.2, -0.15) is 0 Å². The Balaban J connectivity index is 2.84. The van der Waals surface area contributed by atoms with E-state index in [1.54, 1.807) is 7.11 Å². The van der Waals surface area contributed by atoms with Gasteiger partial charge in [-0.1, -0.05) is 12.1 Å². The zero-order valence-electron chi connectivity index (χ0n) is 9.95. The second-order valence-electron chi connectivity index (χ2n) is 3.69. The van der Waals surface area contributed by atoms with Crippen molar-refractivity contribution in [2.75, 3.05) is 32.6 Å². The lowest BCUT2D eigenvalue weighted by Crippen LogP contribution is -2.36. The number of hydrogen-bond acceptors (Lipinski definition) is 3. The number of methoxy groups -OCH3 is 1. The molecule has 0 aliphatic carbocycles. The van der Waals surface area contributed by atoms with E-state index in [4.69, 9.17) is 4.74 Å². The van der Waals surface area contributed by atoms with Crippen molar-refractivity contribution in [1.82, 2.24) is 5.32 Å². The third-order valence-corrected chi connectivity index (χ3v) is 2.63. The fraction of sp³-hybridized carbons (Fsp3) is 0.500. The SMILES string of the molecule is CNCC(C)N(C)c1ccccc1OC. The van der Waals surface area contributed by atoms with Gasteiger partial charge in [0.2, 0.25) is 0 Å². The number of nitrogens with one attached hydrogen (secondary N) is 1. The van der Waals surface area contributed by atoms with Crippen LogP contribution in [0.4, 0.5) is 5.69 Å². The predicted molar refractivity (Wildman–Crippen MR) is 64.8 cm³/mol. The fourth-order valence-corrected chi connectivity index (χ4v) is 1.59. The van der Waals surface area contributed by atoms with E-state index in [0.717, 1.165) is 18.0 Å². The van der Waals surface area contributed by atoms with Crippen LogP contribution >= 0.6 is 0 Å². The van der Waals surface area contributed by atoms with E-state index in [-0.39, 0.29) is 0 Å². The summed E-state index contributed by atoms with van der Waals surface area (Å²) in [5.41, 5.74) is 1.13. The van der Waals surface area contributed by atoms with Crippen molar-refractivity contribution in [2.45, 2.75) is 13.0 Å². The van der Waals surface area contributed by atoms with Crippen LogP contribution in [-0.2, 0) is 0 Å². The van der Waals surface area contributed by atoms with E-state index in [9.17, 15) is 0 Å². The van der Waals surface area contributed by atoms with Crippen LogP contribution in [0.5, 0.6) is 5.75 Å². The Morgan fingerprint density at radius 1 is 1.40 bits per heavy atom. The summed E-state index contributed by atoms with van der Waals surface area (Å²) in [4.78, 5) is 2.22. The molecule has 0 saturated carbocycles. The molecule has 3 nitrogen and oxygen atoms in total. The molecule has 1 N–H and O–H groups in total. The molecule has 0 heterocycles. The Bertz CT molecular complexity index is 301. The van der Waals surface area contributed by atoms with E-state index < -0.39 is 0 Å². The summed E-state index contributed by atoms with van der Waals surface area (Å²) in [6.07, 6.45) is 0. The van der Waals surface area contributed by atoms with E-state index in [1.807, 2.05) is 25.2 Å². The third kappa shape index (κ3) is 2.86. The third-order valence-electron chi connectivity index (χ3n) is 2.63. The molecule has 1 atom stereocenters. The van der Waals surface area contributed by atoms with Crippen molar-refractivity contribution in [3.05, 3.63) is 24.3 Å². The Hall–Kier alpha value is -1.22. The minimum atomic E-state index is 0.436. The quantitative estimate of drug-likeness (QED) is 0.797. The lowest BCUT2D eigenvalue weighted by molar-refractivity contribution is 0.413. The van der Waals surface area contributed by atoms with Gasteiger partial charge in [-0.25, -0.2) is 0 Å². The molecule has 0 saturated heterocycles. The zero-order valence-corrected chi connectivity index (χ0v) is 9.95. The van der Waals surface area contributed by atoms with E-state index in [0.29, 0.717) is 6.04 Å². The summed E-state index contributed by atoms with van der Waals surface area (Å²) in [7, 11) is 5.75. The molecule has 1 rings (SSSR count). The summed E-state index contributed by atoms with van der Waals surface area (Å²) >= 11 is 0. The molecule has 0 aliphatic heterocycles. The topological polar surface area (TPSA) is 24.5 Å². The van der Waals surface area contributed by atoms with E-state index in [2.05, 4.69) is 30.3 Å². The highest BCUT2D eigenvalue weighted by atomic mass is 16.5. The Kier molecular flexibility index (Phi) is 4.43. The molecule has 0 aliphatic rings. The first kappa shape index (κ1) is 11.9. The molecule has 3 heteroatoms. The van der Waals surface area contributed by atoms with Crippen LogP contribution in [0.15, 0.2) is 24.3 Å². The normalized spacial score (nSPS) is 12.3. The molecule has 15 heavy (non-hydrogen) atoms. The summed E-state index contributed by atoms with van der Waals surface area (Å²) in [5, 5.41) is 3.17. The highest BCUT2D eigenvalue weighted by Gasteiger charge is 2.12. The molecule has 1 aromatic carbocycles. The van der Waals surface area contributed by atoms with Gasteiger partial charge in [0.25, 0.3) is 0 Å². The number of benzene rings is 1. The maximum absolute atomic E-state index is 5.33. The standard InChI is InChI=1S/C12H20N2O/c1-10(9-13-2)14(3)11-7-5-6-8-12(11)15-4/h5-8,10,13H,9H2,1-4H3. The molecule has 0 bridgehead atoms. The molecule has 1 unspecified atom stereocenters. The number of likely N-dealkylation sites (N-methyl/N-ethyl adjacent to an activating group) is 2. The first-order valence-electron chi connectivity index (χ1n) is 5.21. The number of para-hydroxylation sites is 2. The first-order chi connectivity index (χ1) is 7.20. The molecule has 0 spiro atoms. The van der Waals surface area contributed by atoms with Gasteiger partial charge >= 0.3 is 0 Å². The van der Waals surface area contributed by atoms with Crippen molar-refractivity contribution in [1.29, 1.82) is 0 Å². The summed E-state index contributed by atoms with van der Waals surface area (Å²) in [5.74, 6) is 0.919. The average Bonchev–Trinajstić information content (AvgIpc) is 2.28. The molecule has 0 radical (unpaired) electrons. The van der Waals surface area contributed by atoms with Crippen molar-refractivity contribution in [3.8, 4) is 5.75 Å². The van der Waals surface area contributed by atoms with Crippen LogP contribution in [0.2, 0.25) is 0 Å². The smallest absolute Gasteiger partial charge is 0.142 e. The van der Waals surface area contributed by atoms with Crippen LogP contribution in [0.1, 0.15) is 6.92 Å². The Morgan fingerprint density at radius 3 is 2.67 bits per heavy atom. The monoisotopic (exact) mass is 208 g/mol. The molecule has 0 fully saturated rings. The van der Waals surface area contributed by atoms with E-state index in [1.165, 1.54) is 0 Å². The van der Waals surface area contributed by atoms with Gasteiger partial charge in [0.1, 0.15) is 5.75 Å². The van der Waals surface area contributed by atoms with Gasteiger partial charge in [0.15, 0.2) is 0 Å². The van der Waals surface area contributed by atoms with Gasteiger partial charge < -0.3 is 15.0 Å². The van der Waals surface area contributed by atoms with Gasteiger partial charge in [-0.3, -0.25) is 0 Å². The summed E-state index contributed by atoms with van der Waals surface area (Å²) in [6, 6.07) is 8.51. The minimum Gasteiger partial charge on any atom is -0.495 e. The molecular weight excluding hydrogens is 188 g/mol. The Morgan fingerprint density at radius 2 is 2.07 bits per heavy atom. The summed E-state index contributed by atoms with van der Waals surface area (Å²) in [6.45, 7) is 3.14. The maximum Gasteiger partial charge on any atom is 0.142 e. The number of nitrogens with zero attached hydrogens (tertiary/aromatic N) is 1. The van der Waals surface area contributed by atoms with Gasteiger partial charge in [0, 0.05) is 19.6 Å². The lowest BCUT2D eigenvalue weighted by Gasteiger charge is -2.28. The highest BCUT2D eigenvalue weighted by molar-refractivity contribution is 5.58.